The summed E-state index contributed by atoms with van der Waals surface area (Å²) in [6.45, 7) is 10.8. The van der Waals surface area contributed by atoms with Crippen LogP contribution in [0.15, 0.2) is 0 Å². The molecule has 1 fully saturated rings. The van der Waals surface area contributed by atoms with E-state index in [9.17, 15) is 0 Å². The summed E-state index contributed by atoms with van der Waals surface area (Å²) in [5, 5.41) is 0. The molecule has 0 spiro atoms. The van der Waals surface area contributed by atoms with Gasteiger partial charge in [-0.2, -0.15) is 0 Å². The smallest absolute Gasteiger partial charge is 0.0117 e. The molecule has 0 aromatic rings. The number of nitrogens with zero attached hydrogens (tertiary/aromatic N) is 2. The predicted molar refractivity (Wildman–Crippen MR) is 67.2 cm³/mol. The van der Waals surface area contributed by atoms with Crippen LogP contribution < -0.4 is 0 Å². The van der Waals surface area contributed by atoms with Crippen LogP contribution in [-0.2, 0) is 0 Å². The maximum absolute atomic E-state index is 2.57. The minimum atomic E-state index is 0.472. The van der Waals surface area contributed by atoms with Gasteiger partial charge in [-0.1, -0.05) is 20.8 Å². The Bertz CT molecular complexity index is 175. The molecule has 0 aliphatic carbocycles. The van der Waals surface area contributed by atoms with E-state index in [-0.39, 0.29) is 0 Å². The lowest BCUT2D eigenvalue weighted by atomic mass is 9.91. The lowest BCUT2D eigenvalue weighted by molar-refractivity contribution is 0.132. The monoisotopic (exact) mass is 212 g/mol. The van der Waals surface area contributed by atoms with E-state index in [1.54, 1.807) is 0 Å². The van der Waals surface area contributed by atoms with Crippen molar-refractivity contribution in [3.8, 4) is 0 Å². The second-order valence-electron chi connectivity index (χ2n) is 6.33. The molecule has 0 N–H and O–H groups in total. The summed E-state index contributed by atoms with van der Waals surface area (Å²) in [5.41, 5.74) is 0.472. The van der Waals surface area contributed by atoms with Crippen molar-refractivity contribution in [2.75, 3.05) is 33.7 Å². The first-order valence-electron chi connectivity index (χ1n) is 6.27. The molecule has 1 rings (SSSR count). The molecule has 1 aliphatic rings. The largest absolute Gasteiger partial charge is 0.306 e. The molecule has 0 bridgehead atoms. The van der Waals surface area contributed by atoms with Gasteiger partial charge in [-0.25, -0.2) is 0 Å². The highest BCUT2D eigenvalue weighted by molar-refractivity contribution is 4.77. The predicted octanol–water partition coefficient (Wildman–Crippen LogP) is 2.45. The number of piperidine rings is 1. The Morgan fingerprint density at radius 3 is 2.20 bits per heavy atom. The van der Waals surface area contributed by atoms with Gasteiger partial charge in [0.25, 0.3) is 0 Å². The van der Waals surface area contributed by atoms with E-state index < -0.39 is 0 Å². The van der Waals surface area contributed by atoms with E-state index in [0.29, 0.717) is 5.41 Å². The maximum Gasteiger partial charge on any atom is 0.0117 e. The highest BCUT2D eigenvalue weighted by Gasteiger charge is 2.21. The Kier molecular flexibility index (Phi) is 4.60. The second kappa shape index (κ2) is 5.31. The summed E-state index contributed by atoms with van der Waals surface area (Å²) in [4.78, 5) is 5.01. The molecule has 2 heteroatoms. The fourth-order valence-corrected chi connectivity index (χ4v) is 2.13. The van der Waals surface area contributed by atoms with Crippen LogP contribution in [0.3, 0.4) is 0 Å². The third kappa shape index (κ3) is 4.98. The number of hydrogen-bond donors (Lipinski definition) is 0. The molecule has 0 amide bonds. The lowest BCUT2D eigenvalue weighted by Gasteiger charge is -2.36. The van der Waals surface area contributed by atoms with Gasteiger partial charge in [0, 0.05) is 6.04 Å². The van der Waals surface area contributed by atoms with Crippen molar-refractivity contribution in [1.82, 2.24) is 9.80 Å². The average molecular weight is 212 g/mol. The minimum Gasteiger partial charge on any atom is -0.306 e. The van der Waals surface area contributed by atoms with E-state index in [1.807, 2.05) is 0 Å². The molecule has 90 valence electrons. The van der Waals surface area contributed by atoms with E-state index in [0.717, 1.165) is 6.04 Å². The van der Waals surface area contributed by atoms with Gasteiger partial charge in [0.2, 0.25) is 0 Å². The molecule has 0 atom stereocenters. The fraction of sp³-hybridized carbons (Fsp3) is 1.00. The summed E-state index contributed by atoms with van der Waals surface area (Å²) >= 11 is 0. The first-order valence-corrected chi connectivity index (χ1v) is 6.27. The molecule has 0 saturated carbocycles. The van der Waals surface area contributed by atoms with Crippen molar-refractivity contribution in [2.45, 2.75) is 46.1 Å². The van der Waals surface area contributed by atoms with Gasteiger partial charge in [0.05, 0.1) is 0 Å². The SMILES string of the molecule is CN1CCC(N(C)CCC(C)(C)C)CC1. The van der Waals surface area contributed by atoms with Crippen LogP contribution in [0.25, 0.3) is 0 Å². The van der Waals surface area contributed by atoms with Crippen molar-refractivity contribution in [3.05, 3.63) is 0 Å². The molecule has 15 heavy (non-hydrogen) atoms. The van der Waals surface area contributed by atoms with Crippen molar-refractivity contribution >= 4 is 0 Å². The fourth-order valence-electron chi connectivity index (χ4n) is 2.13. The summed E-state index contributed by atoms with van der Waals surface area (Å²) in [6, 6.07) is 0.823. The van der Waals surface area contributed by atoms with Gasteiger partial charge in [-0.3, -0.25) is 0 Å². The van der Waals surface area contributed by atoms with Crippen LogP contribution >= 0.6 is 0 Å². The van der Waals surface area contributed by atoms with E-state index in [1.165, 1.54) is 38.9 Å². The first kappa shape index (κ1) is 13.0. The third-order valence-electron chi connectivity index (χ3n) is 3.53. The summed E-state index contributed by atoms with van der Waals surface area (Å²) in [5.74, 6) is 0. The highest BCUT2D eigenvalue weighted by atomic mass is 15.2. The standard InChI is InChI=1S/C13H28N2/c1-13(2,3)8-11-15(5)12-6-9-14(4)10-7-12/h12H,6-11H2,1-5H3. The van der Waals surface area contributed by atoms with Crippen LogP contribution in [0.1, 0.15) is 40.0 Å². The number of hydrogen-bond acceptors (Lipinski definition) is 2. The lowest BCUT2D eigenvalue weighted by Crippen LogP contribution is -2.42. The molecule has 0 aromatic heterocycles. The van der Waals surface area contributed by atoms with Crippen molar-refractivity contribution in [3.63, 3.8) is 0 Å². The van der Waals surface area contributed by atoms with Gasteiger partial charge in [-0.15, -0.1) is 0 Å². The van der Waals surface area contributed by atoms with Crippen molar-refractivity contribution < 1.29 is 0 Å². The van der Waals surface area contributed by atoms with Gasteiger partial charge < -0.3 is 9.80 Å². The van der Waals surface area contributed by atoms with Crippen LogP contribution in [0.5, 0.6) is 0 Å². The van der Waals surface area contributed by atoms with Gasteiger partial charge in [0.15, 0.2) is 0 Å². The zero-order valence-electron chi connectivity index (χ0n) is 11.2. The maximum atomic E-state index is 2.57. The molecule has 0 aromatic carbocycles. The molecule has 0 radical (unpaired) electrons. The Morgan fingerprint density at radius 1 is 1.20 bits per heavy atom. The Morgan fingerprint density at radius 2 is 1.73 bits per heavy atom. The normalized spacial score (nSPS) is 21.2. The summed E-state index contributed by atoms with van der Waals surface area (Å²) in [6.07, 6.45) is 3.99. The second-order valence-corrected chi connectivity index (χ2v) is 6.33. The zero-order chi connectivity index (χ0) is 11.5. The molecular weight excluding hydrogens is 184 g/mol. The topological polar surface area (TPSA) is 6.48 Å². The third-order valence-corrected chi connectivity index (χ3v) is 3.53. The number of likely N-dealkylation sites (tertiary alicyclic amines) is 1. The molecule has 1 aliphatic heterocycles. The Balaban J connectivity index is 2.25. The average Bonchev–Trinajstić information content (AvgIpc) is 2.14. The minimum absolute atomic E-state index is 0.472. The van der Waals surface area contributed by atoms with Gasteiger partial charge in [-0.05, 0) is 58.4 Å². The number of rotatable bonds is 3. The van der Waals surface area contributed by atoms with Gasteiger partial charge in [0.1, 0.15) is 0 Å². The Hall–Kier alpha value is -0.0800. The van der Waals surface area contributed by atoms with Gasteiger partial charge >= 0.3 is 0 Å². The van der Waals surface area contributed by atoms with Crippen LogP contribution in [0.2, 0.25) is 0 Å². The zero-order valence-corrected chi connectivity index (χ0v) is 11.2. The summed E-state index contributed by atoms with van der Waals surface area (Å²) in [7, 11) is 4.52. The van der Waals surface area contributed by atoms with E-state index >= 15 is 0 Å². The van der Waals surface area contributed by atoms with E-state index in [4.69, 9.17) is 0 Å². The summed E-state index contributed by atoms with van der Waals surface area (Å²) < 4.78 is 0. The quantitative estimate of drug-likeness (QED) is 0.709. The molecule has 1 heterocycles. The highest BCUT2D eigenvalue weighted by Crippen LogP contribution is 2.21. The van der Waals surface area contributed by atoms with Crippen molar-refractivity contribution in [1.29, 1.82) is 0 Å². The van der Waals surface area contributed by atoms with Crippen LogP contribution in [-0.4, -0.2) is 49.6 Å². The molecule has 1 saturated heterocycles. The first-order chi connectivity index (χ1) is 6.88. The van der Waals surface area contributed by atoms with Crippen molar-refractivity contribution in [2.24, 2.45) is 5.41 Å². The van der Waals surface area contributed by atoms with E-state index in [2.05, 4.69) is 44.7 Å². The Labute approximate surface area is 95.6 Å². The van der Waals surface area contributed by atoms with Crippen LogP contribution in [0, 0.1) is 5.41 Å². The molecule has 0 unspecified atom stereocenters. The molecule has 2 nitrogen and oxygen atoms in total. The molecular formula is C13H28N2. The van der Waals surface area contributed by atoms with Crippen LogP contribution in [0.4, 0.5) is 0 Å².